The molecule has 0 fully saturated rings. The topological polar surface area (TPSA) is 34.1 Å². The van der Waals surface area contributed by atoms with E-state index in [4.69, 9.17) is 0 Å². The van der Waals surface area contributed by atoms with Gasteiger partial charge in [0, 0.05) is 22.1 Å². The zero-order valence-electron chi connectivity index (χ0n) is 10.1. The third-order valence-corrected chi connectivity index (χ3v) is 4.98. The van der Waals surface area contributed by atoms with Crippen LogP contribution >= 0.6 is 0 Å². The summed E-state index contributed by atoms with van der Waals surface area (Å²) in [6, 6.07) is 9.14. The second-order valence-corrected chi connectivity index (χ2v) is 6.13. The number of carbonyl (C=O) groups excluding carboxylic acids is 1. The second kappa shape index (κ2) is 4.96. The molecule has 2 nitrogen and oxygen atoms in total. The van der Waals surface area contributed by atoms with Crippen LogP contribution in [-0.4, -0.2) is 21.0 Å². The predicted molar refractivity (Wildman–Crippen MR) is 70.6 cm³/mol. The average Bonchev–Trinajstić information content (AvgIpc) is 2.34. The van der Waals surface area contributed by atoms with Crippen molar-refractivity contribution in [3.63, 3.8) is 0 Å². The van der Waals surface area contributed by atoms with Gasteiger partial charge in [-0.25, -0.2) is 0 Å². The van der Waals surface area contributed by atoms with E-state index in [1.165, 1.54) is 11.1 Å². The Morgan fingerprint density at radius 3 is 2.47 bits per heavy atom. The van der Waals surface area contributed by atoms with E-state index in [1.54, 1.807) is 12.1 Å². The lowest BCUT2D eigenvalue weighted by atomic mass is 10.0. The molecule has 0 amide bonds. The van der Waals surface area contributed by atoms with Gasteiger partial charge >= 0.3 is 0 Å². The lowest BCUT2D eigenvalue weighted by molar-refractivity contribution is 0.0987. The minimum atomic E-state index is -1.07. The van der Waals surface area contributed by atoms with Crippen LogP contribution in [-0.2, 0) is 10.8 Å². The maximum atomic E-state index is 12.2. The zero-order valence-corrected chi connectivity index (χ0v) is 10.9. The standard InChI is InChI=1S/C14H16O2S/c1-10-8-13(17(16)9-11(10)2)14(15)12-6-4-3-5-7-12/h3-7,13H,8-9H2,1-2H3. The summed E-state index contributed by atoms with van der Waals surface area (Å²) in [6.45, 7) is 4.02. The lowest BCUT2D eigenvalue weighted by Gasteiger charge is -2.22. The first-order valence-corrected chi connectivity index (χ1v) is 7.09. The first kappa shape index (κ1) is 12.2. The first-order valence-electron chi connectivity index (χ1n) is 5.71. The molecule has 0 saturated heterocycles. The van der Waals surface area contributed by atoms with E-state index in [-0.39, 0.29) is 11.0 Å². The van der Waals surface area contributed by atoms with E-state index in [9.17, 15) is 9.00 Å². The van der Waals surface area contributed by atoms with Crippen LogP contribution in [0, 0.1) is 0 Å². The Kier molecular flexibility index (Phi) is 3.57. The van der Waals surface area contributed by atoms with E-state index in [0.29, 0.717) is 17.7 Å². The fourth-order valence-electron chi connectivity index (χ4n) is 1.98. The molecular formula is C14H16O2S. The zero-order chi connectivity index (χ0) is 12.4. The average molecular weight is 248 g/mol. The van der Waals surface area contributed by atoms with Crippen LogP contribution in [0.5, 0.6) is 0 Å². The maximum absolute atomic E-state index is 12.2. The third-order valence-electron chi connectivity index (χ3n) is 3.25. The van der Waals surface area contributed by atoms with Crippen molar-refractivity contribution in [2.24, 2.45) is 0 Å². The van der Waals surface area contributed by atoms with Crippen molar-refractivity contribution in [2.75, 3.05) is 5.75 Å². The summed E-state index contributed by atoms with van der Waals surface area (Å²) < 4.78 is 12.0. The molecule has 0 radical (unpaired) electrons. The van der Waals surface area contributed by atoms with Crippen molar-refractivity contribution in [2.45, 2.75) is 25.5 Å². The molecule has 2 atom stereocenters. The summed E-state index contributed by atoms with van der Waals surface area (Å²) in [7, 11) is -1.07. The van der Waals surface area contributed by atoms with Gasteiger partial charge in [0.25, 0.3) is 0 Å². The Bertz CT molecular complexity index is 488. The van der Waals surface area contributed by atoms with Gasteiger partial charge in [-0.1, -0.05) is 41.5 Å². The molecule has 1 aromatic rings. The van der Waals surface area contributed by atoms with Gasteiger partial charge < -0.3 is 0 Å². The van der Waals surface area contributed by atoms with Crippen LogP contribution in [0.15, 0.2) is 41.5 Å². The smallest absolute Gasteiger partial charge is 0.178 e. The molecule has 1 aliphatic rings. The van der Waals surface area contributed by atoms with E-state index in [2.05, 4.69) is 0 Å². The van der Waals surface area contributed by atoms with E-state index in [0.717, 1.165) is 0 Å². The number of Topliss-reactive ketones (excluding diaryl/α,β-unsaturated/α-hetero) is 1. The summed E-state index contributed by atoms with van der Waals surface area (Å²) in [4.78, 5) is 12.2. The first-order chi connectivity index (χ1) is 8.09. The van der Waals surface area contributed by atoms with Crippen molar-refractivity contribution in [1.29, 1.82) is 0 Å². The second-order valence-electron chi connectivity index (χ2n) is 4.51. The number of carbonyl (C=O) groups is 1. The lowest BCUT2D eigenvalue weighted by Crippen LogP contribution is -2.31. The Morgan fingerprint density at radius 1 is 1.18 bits per heavy atom. The highest BCUT2D eigenvalue weighted by Gasteiger charge is 2.30. The molecule has 0 N–H and O–H groups in total. The highest BCUT2D eigenvalue weighted by molar-refractivity contribution is 7.86. The highest BCUT2D eigenvalue weighted by atomic mass is 32.2. The minimum absolute atomic E-state index is 0.00998. The van der Waals surface area contributed by atoms with Crippen LogP contribution in [0.2, 0.25) is 0 Å². The molecule has 0 spiro atoms. The molecule has 2 rings (SSSR count). The molecule has 0 aromatic heterocycles. The van der Waals surface area contributed by atoms with Gasteiger partial charge in [0.2, 0.25) is 0 Å². The number of rotatable bonds is 2. The van der Waals surface area contributed by atoms with Crippen molar-refractivity contribution in [3.05, 3.63) is 47.0 Å². The highest BCUT2D eigenvalue weighted by Crippen LogP contribution is 2.24. The molecule has 2 unspecified atom stereocenters. The van der Waals surface area contributed by atoms with Crippen LogP contribution in [0.3, 0.4) is 0 Å². The molecule has 0 saturated carbocycles. The summed E-state index contributed by atoms with van der Waals surface area (Å²) >= 11 is 0. The van der Waals surface area contributed by atoms with Gasteiger partial charge in [0.05, 0.1) is 0 Å². The summed E-state index contributed by atoms with van der Waals surface area (Å²) in [6.07, 6.45) is 0.631. The maximum Gasteiger partial charge on any atom is 0.178 e. The number of hydrogen-bond acceptors (Lipinski definition) is 2. The van der Waals surface area contributed by atoms with Crippen LogP contribution in [0.25, 0.3) is 0 Å². The molecule has 1 heterocycles. The van der Waals surface area contributed by atoms with E-state index in [1.807, 2.05) is 32.0 Å². The molecule has 0 aliphatic carbocycles. The Labute approximate surface area is 104 Å². The predicted octanol–water partition coefficient (Wildman–Crippen LogP) is 2.73. The number of benzene rings is 1. The Balaban J connectivity index is 2.25. The van der Waals surface area contributed by atoms with Crippen molar-refractivity contribution < 1.29 is 9.00 Å². The molecule has 3 heteroatoms. The largest absolute Gasteiger partial charge is 0.293 e. The molecular weight excluding hydrogens is 232 g/mol. The van der Waals surface area contributed by atoms with E-state index >= 15 is 0 Å². The summed E-state index contributed by atoms with van der Waals surface area (Å²) in [5.74, 6) is 0.547. The Morgan fingerprint density at radius 2 is 1.82 bits per heavy atom. The Hall–Kier alpha value is -1.22. The fourth-order valence-corrected chi connectivity index (χ4v) is 3.67. The van der Waals surface area contributed by atoms with Crippen LogP contribution in [0.1, 0.15) is 30.6 Å². The van der Waals surface area contributed by atoms with Crippen molar-refractivity contribution in [3.8, 4) is 0 Å². The van der Waals surface area contributed by atoms with Crippen molar-refractivity contribution in [1.82, 2.24) is 0 Å². The van der Waals surface area contributed by atoms with E-state index < -0.39 is 10.8 Å². The molecule has 0 bridgehead atoms. The monoisotopic (exact) mass is 248 g/mol. The summed E-state index contributed by atoms with van der Waals surface area (Å²) in [5.41, 5.74) is 3.04. The van der Waals surface area contributed by atoms with Gasteiger partial charge in [0.1, 0.15) is 5.25 Å². The summed E-state index contributed by atoms with van der Waals surface area (Å²) in [5, 5.41) is -0.360. The molecule has 1 aromatic carbocycles. The normalized spacial score (nSPS) is 24.8. The molecule has 90 valence electrons. The van der Waals surface area contributed by atoms with Gasteiger partial charge in [-0.05, 0) is 20.3 Å². The van der Waals surface area contributed by atoms with Crippen LogP contribution in [0.4, 0.5) is 0 Å². The number of ketones is 1. The van der Waals surface area contributed by atoms with Crippen LogP contribution < -0.4 is 0 Å². The molecule has 17 heavy (non-hydrogen) atoms. The minimum Gasteiger partial charge on any atom is -0.293 e. The van der Waals surface area contributed by atoms with Gasteiger partial charge in [-0.3, -0.25) is 9.00 Å². The van der Waals surface area contributed by atoms with Gasteiger partial charge in [-0.2, -0.15) is 0 Å². The number of hydrogen-bond donors (Lipinski definition) is 0. The third kappa shape index (κ3) is 2.55. The van der Waals surface area contributed by atoms with Gasteiger partial charge in [0.15, 0.2) is 5.78 Å². The van der Waals surface area contributed by atoms with Gasteiger partial charge in [-0.15, -0.1) is 0 Å². The van der Waals surface area contributed by atoms with Crippen molar-refractivity contribution >= 4 is 16.6 Å². The fraction of sp³-hybridized carbons (Fsp3) is 0.357. The quantitative estimate of drug-likeness (QED) is 0.595. The number of allylic oxidation sites excluding steroid dienone is 1. The SMILES string of the molecule is CC1=C(C)CS(=O)C(C(=O)c2ccccc2)C1. The molecule has 1 aliphatic heterocycles.